The van der Waals surface area contributed by atoms with Crippen LogP contribution in [0.3, 0.4) is 0 Å². The van der Waals surface area contributed by atoms with Crippen LogP contribution < -0.4 is 5.32 Å². The van der Waals surface area contributed by atoms with Gasteiger partial charge in [0.05, 0.1) is 22.3 Å². The Morgan fingerprint density at radius 3 is 2.73 bits per heavy atom. The average molecular weight is 429 g/mol. The Hall–Kier alpha value is -2.85. The highest BCUT2D eigenvalue weighted by Gasteiger charge is 2.26. The number of aryl methyl sites for hydroxylation is 1. The largest absolute Gasteiger partial charge is 0.325 e. The smallest absolute Gasteiger partial charge is 0.243 e. The van der Waals surface area contributed by atoms with Crippen molar-refractivity contribution in [1.82, 2.24) is 24.3 Å². The number of aromatic nitrogens is 4. The molecule has 3 heterocycles. The molecule has 0 saturated carbocycles. The van der Waals surface area contributed by atoms with E-state index in [0.717, 1.165) is 24.8 Å². The van der Waals surface area contributed by atoms with Crippen LogP contribution in [0.25, 0.3) is 11.0 Å². The van der Waals surface area contributed by atoms with Crippen LogP contribution in [0.4, 0.5) is 5.69 Å². The lowest BCUT2D eigenvalue weighted by Gasteiger charge is -2.25. The van der Waals surface area contributed by atoms with Crippen molar-refractivity contribution in [3.8, 4) is 0 Å². The highest BCUT2D eigenvalue weighted by molar-refractivity contribution is 7.89. The summed E-state index contributed by atoms with van der Waals surface area (Å²) in [5, 5.41) is 11.0. The number of fused-ring (bicyclic) bond motifs is 1. The molecular weight excluding hydrogens is 404 g/mol. The topological polar surface area (TPSA) is 110 Å². The molecule has 2 aromatic heterocycles. The molecule has 1 fully saturated rings. The molecule has 3 aromatic rings. The summed E-state index contributed by atoms with van der Waals surface area (Å²) in [6.45, 7) is 1.64. The number of benzene rings is 1. The summed E-state index contributed by atoms with van der Waals surface area (Å²) in [4.78, 5) is 16.3. The number of nitrogens with zero attached hydrogens (tertiary/aromatic N) is 5. The molecule has 4 rings (SSSR count). The Bertz CT molecular complexity index is 1120. The van der Waals surface area contributed by atoms with Gasteiger partial charge in [0.25, 0.3) is 0 Å². The first-order chi connectivity index (χ1) is 14.5. The first-order valence-corrected chi connectivity index (χ1v) is 11.5. The zero-order valence-corrected chi connectivity index (χ0v) is 17.4. The number of carbonyl (C=O) groups excluding carboxylic acids is 1. The third-order valence-corrected chi connectivity index (χ3v) is 7.05. The highest BCUT2D eigenvalue weighted by Crippen LogP contribution is 2.23. The quantitative estimate of drug-likeness (QED) is 0.619. The monoisotopic (exact) mass is 428 g/mol. The molecule has 9 nitrogen and oxygen atoms in total. The van der Waals surface area contributed by atoms with E-state index in [1.54, 1.807) is 51.7 Å². The average Bonchev–Trinajstić information content (AvgIpc) is 3.17. The number of amides is 1. The normalized spacial score (nSPS) is 15.3. The SMILES string of the molecule is O=C(CCCn1nnc2cc(S(=O)(=O)N3CCCCC3)ccc21)Nc1cccnc1. The van der Waals surface area contributed by atoms with Crippen molar-refractivity contribution in [3.05, 3.63) is 42.7 Å². The fourth-order valence-corrected chi connectivity index (χ4v) is 5.12. The minimum atomic E-state index is -3.50. The van der Waals surface area contributed by atoms with Crippen molar-refractivity contribution in [2.24, 2.45) is 0 Å². The van der Waals surface area contributed by atoms with Crippen molar-refractivity contribution in [3.63, 3.8) is 0 Å². The van der Waals surface area contributed by atoms with Crippen LogP contribution in [0.15, 0.2) is 47.6 Å². The third kappa shape index (κ3) is 4.49. The van der Waals surface area contributed by atoms with Crippen molar-refractivity contribution in [1.29, 1.82) is 0 Å². The summed E-state index contributed by atoms with van der Waals surface area (Å²) < 4.78 is 29.0. The van der Waals surface area contributed by atoms with Crippen molar-refractivity contribution in [2.75, 3.05) is 18.4 Å². The summed E-state index contributed by atoms with van der Waals surface area (Å²) in [6, 6.07) is 8.48. The van der Waals surface area contributed by atoms with E-state index in [4.69, 9.17) is 0 Å². The maximum absolute atomic E-state index is 12.9. The van der Waals surface area contributed by atoms with Gasteiger partial charge in [0, 0.05) is 32.3 Å². The van der Waals surface area contributed by atoms with E-state index in [1.165, 1.54) is 0 Å². The van der Waals surface area contributed by atoms with Gasteiger partial charge in [0.15, 0.2) is 0 Å². The Labute approximate surface area is 175 Å². The van der Waals surface area contributed by atoms with Crippen LogP contribution in [0, 0.1) is 0 Å². The van der Waals surface area contributed by atoms with Crippen molar-refractivity contribution >= 4 is 32.7 Å². The van der Waals surface area contributed by atoms with Crippen LogP contribution in [0.5, 0.6) is 0 Å². The summed E-state index contributed by atoms with van der Waals surface area (Å²) in [6.07, 6.45) is 7.01. The molecular formula is C20H24N6O3S. The molecule has 1 N–H and O–H groups in total. The van der Waals surface area contributed by atoms with Crippen LogP contribution in [0.2, 0.25) is 0 Å². The van der Waals surface area contributed by atoms with Crippen molar-refractivity contribution in [2.45, 2.75) is 43.5 Å². The predicted molar refractivity (Wildman–Crippen MR) is 112 cm³/mol. The minimum Gasteiger partial charge on any atom is -0.325 e. The molecule has 0 radical (unpaired) electrons. The van der Waals surface area contributed by atoms with Crippen LogP contribution in [-0.2, 0) is 21.4 Å². The molecule has 0 atom stereocenters. The molecule has 0 aliphatic carbocycles. The molecule has 1 aromatic carbocycles. The first-order valence-electron chi connectivity index (χ1n) is 10.1. The van der Waals surface area contributed by atoms with E-state index in [0.29, 0.717) is 43.7 Å². The predicted octanol–water partition coefficient (Wildman–Crippen LogP) is 2.42. The molecule has 1 aliphatic heterocycles. The van der Waals surface area contributed by atoms with E-state index in [1.807, 2.05) is 0 Å². The van der Waals surface area contributed by atoms with E-state index in [2.05, 4.69) is 20.6 Å². The molecule has 0 unspecified atom stereocenters. The second kappa shape index (κ2) is 8.88. The standard InChI is InChI=1S/C20H24N6O3S/c27-20(22-16-6-4-10-21-15-16)7-5-13-26-19-9-8-17(14-18(19)23-24-26)30(28,29)25-11-2-1-3-12-25/h4,6,8-10,14-15H,1-3,5,7,11-13H2,(H,22,27). The number of nitrogens with one attached hydrogen (secondary N) is 1. The Balaban J connectivity index is 1.39. The number of piperidine rings is 1. The molecule has 1 amide bonds. The number of rotatable bonds is 7. The summed E-state index contributed by atoms with van der Waals surface area (Å²) >= 11 is 0. The number of carbonyl (C=O) groups is 1. The van der Waals surface area contributed by atoms with Crippen molar-refractivity contribution < 1.29 is 13.2 Å². The third-order valence-electron chi connectivity index (χ3n) is 5.16. The number of sulfonamides is 1. The minimum absolute atomic E-state index is 0.0951. The fourth-order valence-electron chi connectivity index (χ4n) is 3.58. The fraction of sp³-hybridized carbons (Fsp3) is 0.400. The zero-order chi connectivity index (χ0) is 21.0. The lowest BCUT2D eigenvalue weighted by atomic mass is 10.2. The van der Waals surface area contributed by atoms with Gasteiger partial charge in [-0.3, -0.25) is 9.78 Å². The highest BCUT2D eigenvalue weighted by atomic mass is 32.2. The molecule has 1 aliphatic rings. The number of hydrogen-bond acceptors (Lipinski definition) is 6. The van der Waals surface area contributed by atoms with Gasteiger partial charge in [-0.15, -0.1) is 5.10 Å². The summed E-state index contributed by atoms with van der Waals surface area (Å²) in [5.41, 5.74) is 1.95. The lowest BCUT2D eigenvalue weighted by molar-refractivity contribution is -0.116. The lowest BCUT2D eigenvalue weighted by Crippen LogP contribution is -2.35. The zero-order valence-electron chi connectivity index (χ0n) is 16.6. The maximum atomic E-state index is 12.9. The maximum Gasteiger partial charge on any atom is 0.243 e. The second-order valence-corrected chi connectivity index (χ2v) is 9.26. The first kappa shape index (κ1) is 20.4. The number of hydrogen-bond donors (Lipinski definition) is 1. The van der Waals surface area contributed by atoms with Gasteiger partial charge in [0.2, 0.25) is 15.9 Å². The summed E-state index contributed by atoms with van der Waals surface area (Å²) in [7, 11) is -3.50. The van der Waals surface area contributed by atoms with Gasteiger partial charge in [0.1, 0.15) is 5.52 Å². The Morgan fingerprint density at radius 1 is 1.13 bits per heavy atom. The molecule has 30 heavy (non-hydrogen) atoms. The second-order valence-electron chi connectivity index (χ2n) is 7.32. The molecule has 1 saturated heterocycles. The Morgan fingerprint density at radius 2 is 1.97 bits per heavy atom. The summed E-state index contributed by atoms with van der Waals surface area (Å²) in [5.74, 6) is -0.0951. The molecule has 0 bridgehead atoms. The van der Waals surface area contributed by atoms with Crippen LogP contribution in [0.1, 0.15) is 32.1 Å². The van der Waals surface area contributed by atoms with Crippen LogP contribution in [-0.4, -0.2) is 51.7 Å². The Kier molecular flexibility index (Phi) is 6.05. The molecule has 0 spiro atoms. The van der Waals surface area contributed by atoms with Gasteiger partial charge < -0.3 is 5.32 Å². The molecule has 10 heteroatoms. The van der Waals surface area contributed by atoms with Gasteiger partial charge in [-0.05, 0) is 49.6 Å². The van der Waals surface area contributed by atoms with E-state index in [9.17, 15) is 13.2 Å². The number of anilines is 1. The molecule has 158 valence electrons. The van der Waals surface area contributed by atoms with Gasteiger partial charge in [-0.1, -0.05) is 11.6 Å². The van der Waals surface area contributed by atoms with E-state index < -0.39 is 10.0 Å². The van der Waals surface area contributed by atoms with Gasteiger partial charge >= 0.3 is 0 Å². The van der Waals surface area contributed by atoms with Gasteiger partial charge in [-0.2, -0.15) is 4.31 Å². The number of pyridine rings is 1. The van der Waals surface area contributed by atoms with E-state index >= 15 is 0 Å². The van der Waals surface area contributed by atoms with E-state index in [-0.39, 0.29) is 10.8 Å². The van der Waals surface area contributed by atoms with Crippen LogP contribution >= 0.6 is 0 Å². The van der Waals surface area contributed by atoms with Gasteiger partial charge in [-0.25, -0.2) is 13.1 Å².